The van der Waals surface area contributed by atoms with E-state index >= 15 is 0 Å². The number of rotatable bonds is 4. The summed E-state index contributed by atoms with van der Waals surface area (Å²) >= 11 is 0. The minimum absolute atomic E-state index is 0.0913. The maximum absolute atomic E-state index is 5.94. The Balaban J connectivity index is 2.11. The molecule has 0 bridgehead atoms. The van der Waals surface area contributed by atoms with Crippen LogP contribution in [-0.2, 0) is 0 Å². The topological polar surface area (TPSA) is 51.4 Å². The van der Waals surface area contributed by atoms with Crippen LogP contribution in [0.3, 0.4) is 0 Å². The van der Waals surface area contributed by atoms with Gasteiger partial charge in [0.15, 0.2) is 0 Å². The molecule has 1 unspecified atom stereocenters. The van der Waals surface area contributed by atoms with Crippen molar-refractivity contribution >= 4 is 11.5 Å². The zero-order valence-electron chi connectivity index (χ0n) is 12.9. The lowest BCUT2D eigenvalue weighted by Gasteiger charge is -2.23. The van der Waals surface area contributed by atoms with Crippen LogP contribution in [0.1, 0.15) is 46.5 Å². The van der Waals surface area contributed by atoms with Crippen LogP contribution in [0.15, 0.2) is 12.1 Å². The monoisotopic (exact) mass is 277 g/mol. The standard InChI is InChI=1S/C16H27N3O/c1-4-13-6-5-10-19(11-9-13)15-8-7-14(17)16(18-15)20-12(2)3/h7-8,12-13H,4-6,9-11,17H2,1-3H3. The van der Waals surface area contributed by atoms with Crippen LogP contribution < -0.4 is 15.4 Å². The second-order valence-corrected chi connectivity index (χ2v) is 5.92. The van der Waals surface area contributed by atoms with Gasteiger partial charge in [-0.05, 0) is 51.2 Å². The third-order valence-corrected chi connectivity index (χ3v) is 3.97. The highest BCUT2D eigenvalue weighted by Crippen LogP contribution is 2.27. The van der Waals surface area contributed by atoms with Gasteiger partial charge in [-0.3, -0.25) is 0 Å². The molecule has 2 heterocycles. The van der Waals surface area contributed by atoms with Gasteiger partial charge in [0.2, 0.25) is 5.88 Å². The maximum Gasteiger partial charge on any atom is 0.239 e. The number of pyridine rings is 1. The summed E-state index contributed by atoms with van der Waals surface area (Å²) in [4.78, 5) is 6.97. The van der Waals surface area contributed by atoms with Crippen molar-refractivity contribution in [3.05, 3.63) is 12.1 Å². The number of ether oxygens (including phenoxy) is 1. The normalized spacial score (nSPS) is 20.0. The Morgan fingerprint density at radius 3 is 2.85 bits per heavy atom. The number of nitrogens with zero attached hydrogens (tertiary/aromatic N) is 2. The highest BCUT2D eigenvalue weighted by atomic mass is 16.5. The second kappa shape index (κ2) is 6.82. The van der Waals surface area contributed by atoms with Gasteiger partial charge >= 0.3 is 0 Å². The summed E-state index contributed by atoms with van der Waals surface area (Å²) in [5, 5.41) is 0. The van der Waals surface area contributed by atoms with Gasteiger partial charge in [0.05, 0.1) is 11.8 Å². The Morgan fingerprint density at radius 1 is 1.35 bits per heavy atom. The highest BCUT2D eigenvalue weighted by molar-refractivity contribution is 5.54. The summed E-state index contributed by atoms with van der Waals surface area (Å²) in [6.45, 7) is 8.43. The second-order valence-electron chi connectivity index (χ2n) is 5.92. The highest BCUT2D eigenvalue weighted by Gasteiger charge is 2.18. The smallest absolute Gasteiger partial charge is 0.239 e. The number of hydrogen-bond donors (Lipinski definition) is 1. The zero-order chi connectivity index (χ0) is 14.5. The summed E-state index contributed by atoms with van der Waals surface area (Å²) < 4.78 is 5.69. The number of nitrogens with two attached hydrogens (primary N) is 1. The first-order chi connectivity index (χ1) is 9.60. The lowest BCUT2D eigenvalue weighted by molar-refractivity contribution is 0.234. The molecule has 0 spiro atoms. The number of aromatic nitrogens is 1. The maximum atomic E-state index is 5.94. The minimum atomic E-state index is 0.0913. The SMILES string of the molecule is CCC1CCCN(c2ccc(N)c(OC(C)C)n2)CC1. The summed E-state index contributed by atoms with van der Waals surface area (Å²) in [5.41, 5.74) is 6.55. The van der Waals surface area contributed by atoms with E-state index in [1.807, 2.05) is 26.0 Å². The van der Waals surface area contributed by atoms with E-state index < -0.39 is 0 Å². The molecular formula is C16H27N3O. The van der Waals surface area contributed by atoms with Crippen LogP contribution >= 0.6 is 0 Å². The lowest BCUT2D eigenvalue weighted by Crippen LogP contribution is -2.25. The Hall–Kier alpha value is -1.45. The molecule has 20 heavy (non-hydrogen) atoms. The van der Waals surface area contributed by atoms with E-state index in [1.54, 1.807) is 0 Å². The predicted octanol–water partition coefficient (Wildman–Crippen LogP) is 3.47. The molecule has 4 heteroatoms. The van der Waals surface area contributed by atoms with Crippen LogP contribution in [0.25, 0.3) is 0 Å². The molecule has 1 aliphatic heterocycles. The van der Waals surface area contributed by atoms with Crippen LogP contribution in [-0.4, -0.2) is 24.2 Å². The first kappa shape index (κ1) is 14.9. The molecule has 1 fully saturated rings. The zero-order valence-corrected chi connectivity index (χ0v) is 12.9. The van der Waals surface area contributed by atoms with Gasteiger partial charge in [-0.1, -0.05) is 13.3 Å². The first-order valence-corrected chi connectivity index (χ1v) is 7.78. The molecule has 1 aromatic rings. The predicted molar refractivity (Wildman–Crippen MR) is 84.3 cm³/mol. The molecule has 0 radical (unpaired) electrons. The van der Waals surface area contributed by atoms with E-state index in [0.717, 1.165) is 24.8 Å². The van der Waals surface area contributed by atoms with E-state index in [2.05, 4.69) is 16.8 Å². The molecule has 112 valence electrons. The average molecular weight is 277 g/mol. The van der Waals surface area contributed by atoms with Gasteiger partial charge in [-0.2, -0.15) is 4.98 Å². The molecular weight excluding hydrogens is 250 g/mol. The number of nitrogen functional groups attached to an aromatic ring is 1. The van der Waals surface area contributed by atoms with Crippen LogP contribution in [0.2, 0.25) is 0 Å². The molecule has 2 rings (SSSR count). The molecule has 0 aromatic carbocycles. The summed E-state index contributed by atoms with van der Waals surface area (Å²) in [7, 11) is 0. The Labute approximate surface area is 122 Å². The largest absolute Gasteiger partial charge is 0.473 e. The fraction of sp³-hybridized carbons (Fsp3) is 0.688. The first-order valence-electron chi connectivity index (χ1n) is 7.78. The van der Waals surface area contributed by atoms with Gasteiger partial charge in [0, 0.05) is 13.1 Å². The minimum Gasteiger partial charge on any atom is -0.473 e. The van der Waals surface area contributed by atoms with Crippen molar-refractivity contribution < 1.29 is 4.74 Å². The van der Waals surface area contributed by atoms with Crippen LogP contribution in [0.5, 0.6) is 5.88 Å². The van der Waals surface area contributed by atoms with Crippen LogP contribution in [0.4, 0.5) is 11.5 Å². The average Bonchev–Trinajstić information content (AvgIpc) is 2.66. The van der Waals surface area contributed by atoms with Gasteiger partial charge in [0.25, 0.3) is 0 Å². The van der Waals surface area contributed by atoms with E-state index in [9.17, 15) is 0 Å². The molecule has 0 amide bonds. The van der Waals surface area contributed by atoms with Crippen molar-refractivity contribution in [1.29, 1.82) is 0 Å². The fourth-order valence-electron chi connectivity index (χ4n) is 2.74. The van der Waals surface area contributed by atoms with Gasteiger partial charge in [-0.25, -0.2) is 0 Å². The molecule has 1 atom stereocenters. The van der Waals surface area contributed by atoms with Crippen LogP contribution in [0, 0.1) is 5.92 Å². The number of hydrogen-bond acceptors (Lipinski definition) is 4. The molecule has 2 N–H and O–H groups in total. The van der Waals surface area contributed by atoms with E-state index in [-0.39, 0.29) is 6.10 Å². The Kier molecular flexibility index (Phi) is 5.10. The molecule has 0 aliphatic carbocycles. The summed E-state index contributed by atoms with van der Waals surface area (Å²) in [5.74, 6) is 2.42. The molecule has 1 saturated heterocycles. The summed E-state index contributed by atoms with van der Waals surface area (Å²) in [6, 6.07) is 3.91. The molecule has 0 saturated carbocycles. The Morgan fingerprint density at radius 2 is 2.15 bits per heavy atom. The number of anilines is 2. The van der Waals surface area contributed by atoms with Gasteiger partial charge < -0.3 is 15.4 Å². The van der Waals surface area contributed by atoms with Crippen molar-refractivity contribution in [1.82, 2.24) is 4.98 Å². The fourth-order valence-corrected chi connectivity index (χ4v) is 2.74. The van der Waals surface area contributed by atoms with Gasteiger partial charge in [-0.15, -0.1) is 0 Å². The molecule has 1 aromatic heterocycles. The van der Waals surface area contributed by atoms with Crippen molar-refractivity contribution in [2.75, 3.05) is 23.7 Å². The van der Waals surface area contributed by atoms with Crippen molar-refractivity contribution in [2.45, 2.75) is 52.6 Å². The molecule has 4 nitrogen and oxygen atoms in total. The third-order valence-electron chi connectivity index (χ3n) is 3.97. The lowest BCUT2D eigenvalue weighted by atomic mass is 9.98. The quantitative estimate of drug-likeness (QED) is 0.915. The van der Waals surface area contributed by atoms with Crippen molar-refractivity contribution in [3.63, 3.8) is 0 Å². The Bertz CT molecular complexity index is 434. The van der Waals surface area contributed by atoms with E-state index in [1.165, 1.54) is 25.7 Å². The van der Waals surface area contributed by atoms with E-state index in [4.69, 9.17) is 10.5 Å². The third kappa shape index (κ3) is 3.78. The van der Waals surface area contributed by atoms with E-state index in [0.29, 0.717) is 11.6 Å². The van der Waals surface area contributed by atoms with Gasteiger partial charge in [0.1, 0.15) is 5.82 Å². The molecule has 1 aliphatic rings. The van der Waals surface area contributed by atoms with Crippen molar-refractivity contribution in [3.8, 4) is 5.88 Å². The van der Waals surface area contributed by atoms with Crippen molar-refractivity contribution in [2.24, 2.45) is 5.92 Å². The summed E-state index contributed by atoms with van der Waals surface area (Å²) in [6.07, 6.45) is 5.20.